The van der Waals surface area contributed by atoms with E-state index in [1.807, 2.05) is 13.8 Å². The molecule has 3 rings (SSSR count). The molecule has 2 aromatic rings. The average Bonchev–Trinajstić information content (AvgIpc) is 3.28. The van der Waals surface area contributed by atoms with Crippen LogP contribution in [0.1, 0.15) is 31.2 Å². The molecular formula is C18H22N4O4S. The molecule has 0 radical (unpaired) electrons. The first-order chi connectivity index (χ1) is 12.9. The number of carbonyl (C=O) groups excluding carboxylic acids is 2. The number of rotatable bonds is 6. The number of anilines is 2. The number of ether oxygens (including phenoxy) is 2. The van der Waals surface area contributed by atoms with Gasteiger partial charge in [0.2, 0.25) is 16.9 Å². The van der Waals surface area contributed by atoms with Gasteiger partial charge in [-0.2, -0.15) is 0 Å². The fourth-order valence-electron chi connectivity index (χ4n) is 2.85. The first-order valence-corrected chi connectivity index (χ1v) is 9.41. The number of hydrogen-bond acceptors (Lipinski definition) is 7. The first-order valence-electron chi connectivity index (χ1n) is 8.59. The monoisotopic (exact) mass is 390 g/mol. The van der Waals surface area contributed by atoms with E-state index in [1.165, 1.54) is 18.4 Å². The average molecular weight is 390 g/mol. The molecule has 0 bridgehead atoms. The van der Waals surface area contributed by atoms with Crippen LogP contribution in [0.2, 0.25) is 0 Å². The highest BCUT2D eigenvalue weighted by Crippen LogP contribution is 2.36. The Balaban J connectivity index is 1.74. The highest BCUT2D eigenvalue weighted by molar-refractivity contribution is 7.15. The summed E-state index contributed by atoms with van der Waals surface area (Å²) in [5.41, 5.74) is 0.593. The molecule has 1 saturated heterocycles. The number of carbonyl (C=O) groups is 2. The number of nitrogens with one attached hydrogen (secondary N) is 1. The molecule has 1 fully saturated rings. The Bertz CT molecular complexity index is 852. The first kappa shape index (κ1) is 19.1. The van der Waals surface area contributed by atoms with E-state index in [9.17, 15) is 9.59 Å². The maximum atomic E-state index is 12.6. The molecule has 0 aliphatic carbocycles. The molecule has 1 aliphatic rings. The van der Waals surface area contributed by atoms with E-state index in [4.69, 9.17) is 9.47 Å². The van der Waals surface area contributed by atoms with Crippen molar-refractivity contribution in [3.8, 4) is 11.5 Å². The Morgan fingerprint density at radius 2 is 2.07 bits per heavy atom. The Hall–Kier alpha value is -2.68. The Labute approximate surface area is 161 Å². The number of benzene rings is 1. The van der Waals surface area contributed by atoms with E-state index in [1.54, 1.807) is 30.2 Å². The molecule has 1 unspecified atom stereocenters. The topological polar surface area (TPSA) is 93.7 Å². The summed E-state index contributed by atoms with van der Waals surface area (Å²) in [7, 11) is 3.10. The quantitative estimate of drug-likeness (QED) is 0.815. The maximum Gasteiger partial charge on any atom is 0.231 e. The van der Waals surface area contributed by atoms with Gasteiger partial charge in [-0.1, -0.05) is 25.2 Å². The lowest BCUT2D eigenvalue weighted by molar-refractivity contribution is -0.122. The normalized spacial score (nSPS) is 16.7. The highest BCUT2D eigenvalue weighted by Gasteiger charge is 2.36. The van der Waals surface area contributed by atoms with Gasteiger partial charge in [0.05, 0.1) is 25.8 Å². The molecule has 1 aromatic carbocycles. The van der Waals surface area contributed by atoms with Crippen molar-refractivity contribution in [2.75, 3.05) is 31.0 Å². The van der Waals surface area contributed by atoms with Crippen LogP contribution in [-0.4, -0.2) is 42.8 Å². The number of hydrogen-bond donors (Lipinski definition) is 1. The fourth-order valence-corrected chi connectivity index (χ4v) is 3.60. The fraction of sp³-hybridized carbons (Fsp3) is 0.444. The van der Waals surface area contributed by atoms with Gasteiger partial charge < -0.3 is 19.7 Å². The van der Waals surface area contributed by atoms with Crippen LogP contribution >= 0.6 is 11.3 Å². The van der Waals surface area contributed by atoms with Gasteiger partial charge in [0, 0.05) is 24.9 Å². The van der Waals surface area contributed by atoms with Crippen LogP contribution in [0.25, 0.3) is 0 Å². The highest BCUT2D eigenvalue weighted by atomic mass is 32.1. The van der Waals surface area contributed by atoms with Gasteiger partial charge in [-0.15, -0.1) is 10.2 Å². The lowest BCUT2D eigenvalue weighted by atomic mass is 10.1. The second kappa shape index (κ2) is 7.91. The zero-order valence-electron chi connectivity index (χ0n) is 15.7. The second-order valence-electron chi connectivity index (χ2n) is 6.53. The number of aromatic nitrogens is 2. The van der Waals surface area contributed by atoms with Crippen molar-refractivity contribution in [1.29, 1.82) is 0 Å². The molecule has 2 amide bonds. The van der Waals surface area contributed by atoms with Gasteiger partial charge in [0.1, 0.15) is 16.5 Å². The van der Waals surface area contributed by atoms with Gasteiger partial charge in [-0.05, 0) is 12.1 Å². The van der Waals surface area contributed by atoms with E-state index < -0.39 is 5.92 Å². The largest absolute Gasteiger partial charge is 0.497 e. The summed E-state index contributed by atoms with van der Waals surface area (Å²) in [6.07, 6.45) is 0.127. The zero-order chi connectivity index (χ0) is 19.6. The van der Waals surface area contributed by atoms with E-state index in [-0.39, 0.29) is 30.7 Å². The zero-order valence-corrected chi connectivity index (χ0v) is 16.5. The van der Waals surface area contributed by atoms with Crippen molar-refractivity contribution in [3.05, 3.63) is 23.2 Å². The molecule has 1 atom stereocenters. The smallest absolute Gasteiger partial charge is 0.231 e. The lowest BCUT2D eigenvalue weighted by Crippen LogP contribution is -2.28. The summed E-state index contributed by atoms with van der Waals surface area (Å²) in [5.74, 6) is 0.565. The minimum absolute atomic E-state index is 0.127. The van der Waals surface area contributed by atoms with Crippen LogP contribution in [0.5, 0.6) is 11.5 Å². The van der Waals surface area contributed by atoms with Crippen molar-refractivity contribution in [1.82, 2.24) is 10.2 Å². The SMILES string of the molecule is COc1ccc(OC)c(N2CC(C(=O)Nc3nnc(C(C)C)s3)CC2=O)c1. The minimum Gasteiger partial charge on any atom is -0.497 e. The third-order valence-electron chi connectivity index (χ3n) is 4.34. The van der Waals surface area contributed by atoms with E-state index in [2.05, 4.69) is 15.5 Å². The summed E-state index contributed by atoms with van der Waals surface area (Å²) < 4.78 is 10.6. The molecule has 144 valence electrons. The number of nitrogens with zero attached hydrogens (tertiary/aromatic N) is 3. The summed E-state index contributed by atoms with van der Waals surface area (Å²) in [6, 6.07) is 5.23. The molecule has 0 saturated carbocycles. The van der Waals surface area contributed by atoms with Crippen LogP contribution in [0.15, 0.2) is 18.2 Å². The predicted molar refractivity (Wildman–Crippen MR) is 103 cm³/mol. The minimum atomic E-state index is -0.472. The van der Waals surface area contributed by atoms with Gasteiger partial charge in [0.25, 0.3) is 0 Å². The van der Waals surface area contributed by atoms with Gasteiger partial charge in [0.15, 0.2) is 0 Å². The maximum absolute atomic E-state index is 12.6. The lowest BCUT2D eigenvalue weighted by Gasteiger charge is -2.20. The standard InChI is InChI=1S/C18H22N4O4S/c1-10(2)17-20-21-18(27-17)19-16(24)11-7-15(23)22(9-11)13-8-12(25-3)5-6-14(13)26-4/h5-6,8,10-11H,7,9H2,1-4H3,(H,19,21,24). The molecule has 1 aliphatic heterocycles. The van der Waals surface area contributed by atoms with Crippen LogP contribution < -0.4 is 19.7 Å². The third-order valence-corrected chi connectivity index (χ3v) is 5.48. The Morgan fingerprint density at radius 1 is 1.30 bits per heavy atom. The Kier molecular flexibility index (Phi) is 5.59. The molecule has 1 aromatic heterocycles. The summed E-state index contributed by atoms with van der Waals surface area (Å²) in [4.78, 5) is 26.7. The van der Waals surface area contributed by atoms with Crippen LogP contribution in [0.3, 0.4) is 0 Å². The van der Waals surface area contributed by atoms with Crippen molar-refractivity contribution < 1.29 is 19.1 Å². The van der Waals surface area contributed by atoms with Crippen LogP contribution in [-0.2, 0) is 9.59 Å². The molecule has 1 N–H and O–H groups in total. The van der Waals surface area contributed by atoms with Crippen molar-refractivity contribution in [2.24, 2.45) is 5.92 Å². The van der Waals surface area contributed by atoms with Crippen molar-refractivity contribution >= 4 is 34.0 Å². The molecule has 9 heteroatoms. The van der Waals surface area contributed by atoms with E-state index in [0.717, 1.165) is 5.01 Å². The Morgan fingerprint density at radius 3 is 2.70 bits per heavy atom. The molecule has 0 spiro atoms. The van der Waals surface area contributed by atoms with E-state index in [0.29, 0.717) is 22.3 Å². The number of methoxy groups -OCH3 is 2. The van der Waals surface area contributed by atoms with Crippen molar-refractivity contribution in [2.45, 2.75) is 26.2 Å². The van der Waals surface area contributed by atoms with Crippen molar-refractivity contribution in [3.63, 3.8) is 0 Å². The number of amides is 2. The third kappa shape index (κ3) is 4.02. The van der Waals surface area contributed by atoms with E-state index >= 15 is 0 Å². The molecule has 27 heavy (non-hydrogen) atoms. The molecule has 2 heterocycles. The summed E-state index contributed by atoms with van der Waals surface area (Å²) >= 11 is 1.35. The van der Waals surface area contributed by atoms with Gasteiger partial charge >= 0.3 is 0 Å². The summed E-state index contributed by atoms with van der Waals surface area (Å²) in [6.45, 7) is 4.30. The van der Waals surface area contributed by atoms with Gasteiger partial charge in [-0.3, -0.25) is 9.59 Å². The summed E-state index contributed by atoms with van der Waals surface area (Å²) in [5, 5.41) is 12.1. The predicted octanol–water partition coefficient (Wildman–Crippen LogP) is 2.67. The van der Waals surface area contributed by atoms with Crippen LogP contribution in [0.4, 0.5) is 10.8 Å². The second-order valence-corrected chi connectivity index (χ2v) is 7.54. The molecule has 8 nitrogen and oxygen atoms in total. The van der Waals surface area contributed by atoms with Gasteiger partial charge in [-0.25, -0.2) is 0 Å². The molecular weight excluding hydrogens is 368 g/mol. The van der Waals surface area contributed by atoms with Crippen LogP contribution in [0, 0.1) is 5.92 Å².